The summed E-state index contributed by atoms with van der Waals surface area (Å²) in [5.74, 6) is -2.89. The molecule has 0 N–H and O–H groups in total. The van der Waals surface area contributed by atoms with Gasteiger partial charge in [-0.15, -0.1) is 0 Å². The Balaban J connectivity index is 0. The average Bonchev–Trinajstić information content (AvgIpc) is 2.63. The third-order valence-electron chi connectivity index (χ3n) is 4.27. The summed E-state index contributed by atoms with van der Waals surface area (Å²) in [5.41, 5.74) is -0.180. The van der Waals surface area contributed by atoms with Gasteiger partial charge in [0.15, 0.2) is 0 Å². The average molecular weight is 487 g/mol. The van der Waals surface area contributed by atoms with E-state index in [2.05, 4.69) is 20.8 Å². The van der Waals surface area contributed by atoms with Crippen molar-refractivity contribution in [3.05, 3.63) is 11.6 Å². The van der Waals surface area contributed by atoms with Crippen molar-refractivity contribution in [2.45, 2.75) is 113 Å². The molecule has 0 aliphatic rings. The Bertz CT molecular complexity index is 375. The fourth-order valence-corrected chi connectivity index (χ4v) is 6.71. The van der Waals surface area contributed by atoms with Gasteiger partial charge < -0.3 is 19.8 Å². The summed E-state index contributed by atoms with van der Waals surface area (Å²) >= 11 is 0.149. The van der Waals surface area contributed by atoms with Crippen LogP contribution >= 0.6 is 0 Å². The first-order chi connectivity index (χ1) is 13.0. The summed E-state index contributed by atoms with van der Waals surface area (Å²) in [7, 11) is 0. The van der Waals surface area contributed by atoms with Crippen LogP contribution in [0.15, 0.2) is 11.6 Å². The van der Waals surface area contributed by atoms with Gasteiger partial charge in [-0.25, -0.2) is 0 Å². The van der Waals surface area contributed by atoms with Crippen LogP contribution < -0.4 is 10.2 Å². The van der Waals surface area contributed by atoms with Gasteiger partial charge in [0.2, 0.25) is 0 Å². The molecule has 4 nitrogen and oxygen atoms in total. The first-order valence-corrected chi connectivity index (χ1v) is 14.9. The zero-order valence-corrected chi connectivity index (χ0v) is 20.7. The van der Waals surface area contributed by atoms with Crippen molar-refractivity contribution in [3.63, 3.8) is 0 Å². The number of aliphatic carboxylic acids is 2. The summed E-state index contributed by atoms with van der Waals surface area (Å²) in [6.45, 7) is 6.75. The number of hydrogen-bond donors (Lipinski definition) is 0. The van der Waals surface area contributed by atoms with Gasteiger partial charge >= 0.3 is 69.5 Å². The molecule has 0 aliphatic heterocycles. The molecule has 0 radical (unpaired) electrons. The van der Waals surface area contributed by atoms with Gasteiger partial charge in [-0.3, -0.25) is 0 Å². The van der Waals surface area contributed by atoms with Gasteiger partial charge in [0, 0.05) is 0 Å². The Morgan fingerprint density at radius 2 is 1.15 bits per heavy atom. The van der Waals surface area contributed by atoms with Gasteiger partial charge in [-0.1, -0.05) is 51.9 Å². The molecule has 0 amide bonds. The fourth-order valence-electron chi connectivity index (χ4n) is 2.55. The van der Waals surface area contributed by atoms with Gasteiger partial charge in [0.05, 0.1) is 11.9 Å². The van der Waals surface area contributed by atoms with Crippen LogP contribution in [0, 0.1) is 0 Å². The molecule has 0 unspecified atom stereocenters. The second-order valence-electron chi connectivity index (χ2n) is 6.96. The Labute approximate surface area is 177 Å². The van der Waals surface area contributed by atoms with Crippen LogP contribution in [-0.4, -0.2) is 33.1 Å². The number of carboxylic acid groups (broad SMARTS) is 2. The van der Waals surface area contributed by atoms with Crippen molar-refractivity contribution in [1.82, 2.24) is 0 Å². The fraction of sp³-hybridized carbons (Fsp3) is 0.818. The van der Waals surface area contributed by atoms with E-state index >= 15 is 0 Å². The molecule has 0 aromatic carbocycles. The van der Waals surface area contributed by atoms with E-state index in [9.17, 15) is 19.8 Å². The molecule has 0 saturated carbocycles. The molecule has 0 bridgehead atoms. The second kappa shape index (κ2) is 23.5. The third kappa shape index (κ3) is 25.5. The summed E-state index contributed by atoms with van der Waals surface area (Å²) < 4.78 is 3.25. The van der Waals surface area contributed by atoms with Crippen LogP contribution in [-0.2, 0) is 9.59 Å². The van der Waals surface area contributed by atoms with E-state index in [1.54, 1.807) is 8.87 Å². The van der Waals surface area contributed by atoms with E-state index in [0.29, 0.717) is 12.5 Å². The number of carbonyl (C=O) groups excluding carboxylic acids is 2. The van der Waals surface area contributed by atoms with Gasteiger partial charge in [0.25, 0.3) is 0 Å². The summed E-state index contributed by atoms with van der Waals surface area (Å²) in [4.78, 5) is 20.9. The van der Waals surface area contributed by atoms with Crippen molar-refractivity contribution in [3.8, 4) is 0 Å². The molecule has 27 heavy (non-hydrogen) atoms. The SMILES string of the molecule is CCCCCCCCCC/C(=C/C(=O)[O-])C(=O)[O-].CCC[CH2][Sn+2][CH2]CCC. The topological polar surface area (TPSA) is 80.3 Å². The molecule has 0 saturated heterocycles. The molecule has 0 fully saturated rings. The van der Waals surface area contributed by atoms with E-state index in [1.165, 1.54) is 51.4 Å². The number of unbranched alkanes of at least 4 members (excludes halogenated alkanes) is 9. The van der Waals surface area contributed by atoms with E-state index in [1.807, 2.05) is 0 Å². The molecule has 0 rings (SSSR count). The minimum absolute atomic E-state index is 0.149. The van der Waals surface area contributed by atoms with Crippen molar-refractivity contribution in [2.75, 3.05) is 0 Å². The van der Waals surface area contributed by atoms with Crippen molar-refractivity contribution >= 4 is 33.1 Å². The van der Waals surface area contributed by atoms with E-state index in [-0.39, 0.29) is 33.1 Å². The molecule has 156 valence electrons. The Morgan fingerprint density at radius 1 is 0.704 bits per heavy atom. The van der Waals surface area contributed by atoms with Gasteiger partial charge in [0.1, 0.15) is 0 Å². The maximum absolute atomic E-state index is 10.6. The Morgan fingerprint density at radius 3 is 1.56 bits per heavy atom. The van der Waals surface area contributed by atoms with E-state index in [0.717, 1.165) is 19.3 Å². The standard InChI is InChI=1S/C14H24O4.2C4H9.Sn/c1-2-3-4-5-6-7-8-9-10-12(14(17)18)11-13(15)16;2*1-3-4-2;/h11H,2-10H2,1H3,(H,15,16)(H,17,18);2*1,3-4H2,2H3;/q;;;+2/p-2/b12-11-;;;. The summed E-state index contributed by atoms with van der Waals surface area (Å²) in [6.07, 6.45) is 15.5. The van der Waals surface area contributed by atoms with Crippen LogP contribution in [0.4, 0.5) is 0 Å². The number of carboxylic acids is 2. The Hall–Kier alpha value is -0.521. The molecule has 0 aliphatic carbocycles. The predicted molar refractivity (Wildman–Crippen MR) is 111 cm³/mol. The van der Waals surface area contributed by atoms with Crippen LogP contribution in [0.25, 0.3) is 0 Å². The van der Waals surface area contributed by atoms with Crippen molar-refractivity contribution in [1.29, 1.82) is 0 Å². The number of carbonyl (C=O) groups is 2. The maximum atomic E-state index is 10.6. The second-order valence-corrected chi connectivity index (χ2v) is 11.2. The predicted octanol–water partition coefficient (Wildman–Crippen LogP) is 4.07. The first-order valence-electron chi connectivity index (χ1n) is 10.8. The normalized spacial score (nSPS) is 10.7. The molecule has 0 heterocycles. The van der Waals surface area contributed by atoms with Crippen LogP contribution in [0.1, 0.15) is 104 Å². The number of rotatable bonds is 17. The van der Waals surface area contributed by atoms with E-state index in [4.69, 9.17) is 0 Å². The molecule has 0 aromatic heterocycles. The van der Waals surface area contributed by atoms with E-state index < -0.39 is 11.9 Å². The van der Waals surface area contributed by atoms with Crippen molar-refractivity contribution < 1.29 is 19.8 Å². The minimum atomic E-state index is -1.48. The Kier molecular flexibility index (Phi) is 25.0. The molecular weight excluding hydrogens is 447 g/mol. The quantitative estimate of drug-likeness (QED) is 0.176. The first kappa shape index (κ1) is 28.7. The zero-order chi connectivity index (χ0) is 20.8. The molecule has 0 atom stereocenters. The van der Waals surface area contributed by atoms with Crippen LogP contribution in [0.3, 0.4) is 0 Å². The zero-order valence-electron chi connectivity index (χ0n) is 17.8. The molecule has 5 heteroatoms. The third-order valence-corrected chi connectivity index (χ3v) is 8.30. The molecule has 0 spiro atoms. The monoisotopic (exact) mass is 488 g/mol. The van der Waals surface area contributed by atoms with Crippen LogP contribution in [0.2, 0.25) is 8.87 Å². The summed E-state index contributed by atoms with van der Waals surface area (Å²) in [6, 6.07) is 0. The van der Waals surface area contributed by atoms with Crippen LogP contribution in [0.5, 0.6) is 0 Å². The van der Waals surface area contributed by atoms with Gasteiger partial charge in [-0.05, 0) is 24.5 Å². The van der Waals surface area contributed by atoms with Crippen molar-refractivity contribution in [2.24, 2.45) is 0 Å². The van der Waals surface area contributed by atoms with Gasteiger partial charge in [-0.2, -0.15) is 0 Å². The number of hydrogen-bond acceptors (Lipinski definition) is 4. The molecular formula is C22H40O4Sn. The molecule has 0 aromatic rings. The summed E-state index contributed by atoms with van der Waals surface area (Å²) in [5, 5.41) is 20.9.